The minimum Gasteiger partial charge on any atom is -0.494 e. The Morgan fingerprint density at radius 2 is 2.21 bits per heavy atom. The number of rotatable bonds is 1. The third-order valence-corrected chi connectivity index (χ3v) is 2.63. The molecule has 0 radical (unpaired) electrons. The molecule has 1 aromatic carbocycles. The molecule has 1 aromatic heterocycles. The molecule has 2 nitrogen and oxygen atoms in total. The molecule has 0 aliphatic rings. The van der Waals surface area contributed by atoms with Crippen LogP contribution in [0.25, 0.3) is 10.9 Å². The molecule has 0 aliphatic heterocycles. The molecule has 0 aliphatic carbocycles. The summed E-state index contributed by atoms with van der Waals surface area (Å²) in [5.41, 5.74) is 0.656. The fraction of sp³-hybridized carbons (Fsp3) is 0.100. The first kappa shape index (κ1) is 9.40. The van der Waals surface area contributed by atoms with E-state index in [1.165, 1.54) is 19.2 Å². The van der Waals surface area contributed by atoms with Gasteiger partial charge in [0.1, 0.15) is 17.1 Å². The lowest BCUT2D eigenvalue weighted by molar-refractivity contribution is 0.415. The zero-order chi connectivity index (χ0) is 10.1. The van der Waals surface area contributed by atoms with Crippen molar-refractivity contribution in [1.82, 2.24) is 4.98 Å². The third kappa shape index (κ3) is 1.46. The topological polar surface area (TPSA) is 22.1 Å². The Bertz CT molecular complexity index is 487. The second-order valence-corrected chi connectivity index (χ2v) is 3.65. The van der Waals surface area contributed by atoms with Gasteiger partial charge in [-0.2, -0.15) is 0 Å². The van der Waals surface area contributed by atoms with Crippen molar-refractivity contribution in [1.29, 1.82) is 0 Å². The lowest BCUT2D eigenvalue weighted by Gasteiger charge is -2.05. The Morgan fingerprint density at radius 3 is 2.93 bits per heavy atom. The fourth-order valence-electron chi connectivity index (χ4n) is 1.31. The number of halogens is 2. The molecule has 1 heterocycles. The lowest BCUT2D eigenvalue weighted by Crippen LogP contribution is -1.89. The van der Waals surface area contributed by atoms with Crippen molar-refractivity contribution >= 4 is 26.8 Å². The van der Waals surface area contributed by atoms with Crippen molar-refractivity contribution in [2.45, 2.75) is 0 Å². The van der Waals surface area contributed by atoms with Gasteiger partial charge in [-0.1, -0.05) is 15.9 Å². The van der Waals surface area contributed by atoms with E-state index in [4.69, 9.17) is 4.74 Å². The number of nitrogens with zero attached hydrogens (tertiary/aromatic N) is 1. The monoisotopic (exact) mass is 255 g/mol. The van der Waals surface area contributed by atoms with Gasteiger partial charge in [-0.3, -0.25) is 4.98 Å². The van der Waals surface area contributed by atoms with E-state index in [2.05, 4.69) is 20.9 Å². The summed E-state index contributed by atoms with van der Waals surface area (Å²) in [5.74, 6) is 0.115. The Labute approximate surface area is 88.8 Å². The van der Waals surface area contributed by atoms with E-state index in [9.17, 15) is 4.39 Å². The second-order valence-electron chi connectivity index (χ2n) is 2.80. The number of fused-ring (bicyclic) bond motifs is 1. The zero-order valence-corrected chi connectivity index (χ0v) is 9.01. The van der Waals surface area contributed by atoms with Gasteiger partial charge in [-0.05, 0) is 12.1 Å². The van der Waals surface area contributed by atoms with Gasteiger partial charge in [0.25, 0.3) is 0 Å². The highest BCUT2D eigenvalue weighted by Crippen LogP contribution is 2.29. The predicted octanol–water partition coefficient (Wildman–Crippen LogP) is 3.15. The smallest absolute Gasteiger partial charge is 0.148 e. The summed E-state index contributed by atoms with van der Waals surface area (Å²) in [6, 6.07) is 4.51. The minimum atomic E-state index is -0.331. The van der Waals surface area contributed by atoms with E-state index in [0.717, 1.165) is 4.47 Å². The van der Waals surface area contributed by atoms with Crippen molar-refractivity contribution in [3.63, 3.8) is 0 Å². The largest absolute Gasteiger partial charge is 0.494 e. The summed E-state index contributed by atoms with van der Waals surface area (Å²) >= 11 is 3.33. The van der Waals surface area contributed by atoms with Crippen molar-refractivity contribution in [2.75, 3.05) is 7.11 Å². The molecule has 2 rings (SSSR count). The van der Waals surface area contributed by atoms with Crippen molar-refractivity contribution in [2.24, 2.45) is 0 Å². The summed E-state index contributed by atoms with van der Waals surface area (Å²) < 4.78 is 19.0. The number of hydrogen-bond acceptors (Lipinski definition) is 2. The molecule has 14 heavy (non-hydrogen) atoms. The molecule has 0 N–H and O–H groups in total. The van der Waals surface area contributed by atoms with Crippen molar-refractivity contribution < 1.29 is 9.13 Å². The van der Waals surface area contributed by atoms with Crippen LogP contribution in [0, 0.1) is 5.82 Å². The van der Waals surface area contributed by atoms with E-state index in [1.807, 2.05) is 0 Å². The van der Waals surface area contributed by atoms with Crippen molar-refractivity contribution in [3.8, 4) is 5.75 Å². The Kier molecular flexibility index (Phi) is 2.37. The SMILES string of the molecule is COc1cc(F)cc2c(Br)ccnc12. The van der Waals surface area contributed by atoms with E-state index in [-0.39, 0.29) is 5.82 Å². The standard InChI is InChI=1S/C10H7BrFNO/c1-14-9-5-6(12)4-7-8(11)2-3-13-10(7)9/h2-5H,1H3. The van der Waals surface area contributed by atoms with Crippen LogP contribution < -0.4 is 4.74 Å². The summed E-state index contributed by atoms with van der Waals surface area (Å²) in [4.78, 5) is 4.13. The van der Waals surface area contributed by atoms with Gasteiger partial charge in [0.2, 0.25) is 0 Å². The van der Waals surface area contributed by atoms with Crippen LogP contribution in [0.15, 0.2) is 28.9 Å². The number of methoxy groups -OCH3 is 1. The molecule has 0 spiro atoms. The fourth-order valence-corrected chi connectivity index (χ4v) is 1.73. The molecule has 2 aromatic rings. The molecule has 0 saturated carbocycles. The van der Waals surface area contributed by atoms with Crippen LogP contribution >= 0.6 is 15.9 Å². The van der Waals surface area contributed by atoms with Gasteiger partial charge in [-0.25, -0.2) is 4.39 Å². The molecule has 4 heteroatoms. The summed E-state index contributed by atoms with van der Waals surface area (Å²) in [6.45, 7) is 0. The molecular weight excluding hydrogens is 249 g/mol. The number of ether oxygens (including phenoxy) is 1. The van der Waals surface area contributed by atoms with Crippen molar-refractivity contribution in [3.05, 3.63) is 34.7 Å². The highest BCUT2D eigenvalue weighted by atomic mass is 79.9. The molecule has 0 saturated heterocycles. The summed E-state index contributed by atoms with van der Waals surface area (Å²) in [6.07, 6.45) is 1.65. The average Bonchev–Trinajstić information content (AvgIpc) is 2.18. The Hall–Kier alpha value is -1.16. The summed E-state index contributed by atoms with van der Waals surface area (Å²) in [7, 11) is 1.50. The van der Waals surface area contributed by atoms with Crippen LogP contribution in [0.3, 0.4) is 0 Å². The molecule has 0 amide bonds. The molecule has 0 unspecified atom stereocenters. The van der Waals surface area contributed by atoms with Crippen LogP contribution in [-0.4, -0.2) is 12.1 Å². The van der Waals surface area contributed by atoms with Gasteiger partial charge in [0, 0.05) is 22.1 Å². The van der Waals surface area contributed by atoms with E-state index < -0.39 is 0 Å². The van der Waals surface area contributed by atoms with Gasteiger partial charge in [0.15, 0.2) is 0 Å². The molecular formula is C10H7BrFNO. The molecule has 0 atom stereocenters. The van der Waals surface area contributed by atoms with E-state index in [0.29, 0.717) is 16.7 Å². The second kappa shape index (κ2) is 3.53. The molecule has 0 bridgehead atoms. The average molecular weight is 256 g/mol. The molecule has 0 fully saturated rings. The number of benzene rings is 1. The van der Waals surface area contributed by atoms with Gasteiger partial charge < -0.3 is 4.74 Å². The van der Waals surface area contributed by atoms with Crippen LogP contribution in [0.2, 0.25) is 0 Å². The van der Waals surface area contributed by atoms with Crippen LogP contribution in [0.4, 0.5) is 4.39 Å². The number of aromatic nitrogens is 1. The predicted molar refractivity (Wildman–Crippen MR) is 56.0 cm³/mol. The first-order valence-corrected chi connectivity index (χ1v) is 4.79. The quantitative estimate of drug-likeness (QED) is 0.781. The maximum atomic E-state index is 13.1. The zero-order valence-electron chi connectivity index (χ0n) is 7.42. The van der Waals surface area contributed by atoms with E-state index >= 15 is 0 Å². The minimum absolute atomic E-state index is 0.331. The van der Waals surface area contributed by atoms with E-state index in [1.54, 1.807) is 12.3 Å². The first-order valence-electron chi connectivity index (χ1n) is 4.00. The Balaban J connectivity index is 2.87. The number of pyridine rings is 1. The van der Waals surface area contributed by atoms with Crippen LogP contribution in [0.1, 0.15) is 0 Å². The van der Waals surface area contributed by atoms with Gasteiger partial charge >= 0.3 is 0 Å². The first-order chi connectivity index (χ1) is 6.72. The highest BCUT2D eigenvalue weighted by molar-refractivity contribution is 9.10. The maximum Gasteiger partial charge on any atom is 0.148 e. The van der Waals surface area contributed by atoms with Crippen LogP contribution in [0.5, 0.6) is 5.75 Å². The maximum absolute atomic E-state index is 13.1. The lowest BCUT2D eigenvalue weighted by atomic mass is 10.2. The van der Waals surface area contributed by atoms with Gasteiger partial charge in [-0.15, -0.1) is 0 Å². The third-order valence-electron chi connectivity index (χ3n) is 1.94. The number of hydrogen-bond donors (Lipinski definition) is 0. The van der Waals surface area contributed by atoms with Crippen LogP contribution in [-0.2, 0) is 0 Å². The normalized spacial score (nSPS) is 10.5. The Morgan fingerprint density at radius 1 is 1.43 bits per heavy atom. The molecule has 72 valence electrons. The summed E-state index contributed by atoms with van der Waals surface area (Å²) in [5, 5.41) is 0.712. The van der Waals surface area contributed by atoms with Gasteiger partial charge in [0.05, 0.1) is 7.11 Å². The highest BCUT2D eigenvalue weighted by Gasteiger charge is 2.07.